The standard InChI is InChI=1S/C18H30N2O3.C10H12O2/c1-19(2)9-6-10-20(3)11-7-15-13-17(22-4)18(23-5)14-16(15)8-12-21;1-11-9-5-7-3-4-8(7)6-10(9)12-2/h12-14H,6-11H2,1-5H3;5-6H,3-4H2,1-2H3. The topological polar surface area (TPSA) is 60.5 Å². The van der Waals surface area contributed by atoms with Crippen LogP contribution in [0.1, 0.15) is 28.7 Å². The fourth-order valence-electron chi connectivity index (χ4n) is 4.08. The highest BCUT2D eigenvalue weighted by molar-refractivity contribution is 5.59. The molecule has 0 unspecified atom stereocenters. The van der Waals surface area contributed by atoms with Crippen LogP contribution in [0.5, 0.6) is 23.0 Å². The third-order valence-corrected chi connectivity index (χ3v) is 6.29. The van der Waals surface area contributed by atoms with E-state index >= 15 is 0 Å². The zero-order chi connectivity index (χ0) is 25.8. The summed E-state index contributed by atoms with van der Waals surface area (Å²) in [6.45, 7) is 3.11. The summed E-state index contributed by atoms with van der Waals surface area (Å²) < 4.78 is 21.1. The summed E-state index contributed by atoms with van der Waals surface area (Å²) in [5.74, 6) is 3.08. The lowest BCUT2D eigenvalue weighted by molar-refractivity contribution is -0.107. The van der Waals surface area contributed by atoms with Gasteiger partial charge in [-0.1, -0.05) is 0 Å². The van der Waals surface area contributed by atoms with Gasteiger partial charge in [0.05, 0.1) is 28.4 Å². The molecule has 1 aliphatic carbocycles. The maximum atomic E-state index is 10.9. The van der Waals surface area contributed by atoms with Gasteiger partial charge in [-0.25, -0.2) is 0 Å². The lowest BCUT2D eigenvalue weighted by Crippen LogP contribution is -2.25. The van der Waals surface area contributed by atoms with Crippen LogP contribution in [-0.4, -0.2) is 85.3 Å². The van der Waals surface area contributed by atoms with Crippen LogP contribution in [0.15, 0.2) is 24.3 Å². The van der Waals surface area contributed by atoms with E-state index in [4.69, 9.17) is 18.9 Å². The van der Waals surface area contributed by atoms with Crippen LogP contribution in [0.4, 0.5) is 0 Å². The van der Waals surface area contributed by atoms with Gasteiger partial charge in [-0.05, 0) is 106 Å². The van der Waals surface area contributed by atoms with Gasteiger partial charge in [0.25, 0.3) is 0 Å². The second-order valence-corrected chi connectivity index (χ2v) is 9.03. The Kier molecular flexibility index (Phi) is 11.9. The number of benzene rings is 2. The number of carbonyl (C=O) groups excluding carboxylic acids is 1. The molecule has 0 heterocycles. The van der Waals surface area contributed by atoms with E-state index in [1.54, 1.807) is 28.4 Å². The van der Waals surface area contributed by atoms with Crippen LogP contribution in [0.2, 0.25) is 0 Å². The molecule has 0 radical (unpaired) electrons. The largest absolute Gasteiger partial charge is 0.493 e. The van der Waals surface area contributed by atoms with Crippen molar-refractivity contribution >= 4 is 6.29 Å². The summed E-state index contributed by atoms with van der Waals surface area (Å²) in [5, 5.41) is 0. The number of aryl methyl sites for hydroxylation is 2. The Labute approximate surface area is 210 Å². The van der Waals surface area contributed by atoms with E-state index in [-0.39, 0.29) is 0 Å². The van der Waals surface area contributed by atoms with Gasteiger partial charge in [0.1, 0.15) is 6.29 Å². The summed E-state index contributed by atoms with van der Waals surface area (Å²) in [5.41, 5.74) is 4.95. The molecule has 0 bridgehead atoms. The first-order valence-corrected chi connectivity index (χ1v) is 12.1. The first-order valence-electron chi connectivity index (χ1n) is 12.1. The van der Waals surface area contributed by atoms with Crippen LogP contribution in [0.25, 0.3) is 0 Å². The first-order chi connectivity index (χ1) is 16.9. The molecule has 0 aromatic heterocycles. The van der Waals surface area contributed by atoms with Crippen molar-refractivity contribution in [3.05, 3.63) is 46.5 Å². The number of ether oxygens (including phenoxy) is 4. The first kappa shape index (κ1) is 28.5. The van der Waals surface area contributed by atoms with Crippen molar-refractivity contribution in [3.63, 3.8) is 0 Å². The molecule has 3 rings (SSSR count). The summed E-state index contributed by atoms with van der Waals surface area (Å²) in [6.07, 6.45) is 5.73. The molecule has 0 saturated heterocycles. The second-order valence-electron chi connectivity index (χ2n) is 9.03. The van der Waals surface area contributed by atoms with E-state index in [9.17, 15) is 4.79 Å². The molecular weight excluding hydrogens is 444 g/mol. The van der Waals surface area contributed by atoms with Gasteiger partial charge in [-0.15, -0.1) is 0 Å². The lowest BCUT2D eigenvalue weighted by atomic mass is 9.88. The maximum Gasteiger partial charge on any atom is 0.161 e. The van der Waals surface area contributed by atoms with Gasteiger partial charge < -0.3 is 33.5 Å². The summed E-state index contributed by atoms with van der Waals surface area (Å²) in [6, 6.07) is 8.04. The van der Waals surface area contributed by atoms with E-state index < -0.39 is 0 Å². The Bertz CT molecular complexity index is 914. The lowest BCUT2D eigenvalue weighted by Gasteiger charge is -2.20. The molecule has 0 atom stereocenters. The fraction of sp³-hybridized carbons (Fsp3) is 0.536. The molecule has 0 N–H and O–H groups in total. The SMILES string of the molecule is COc1cc(CC=O)c(CCN(C)CCCN(C)C)cc1OC.COc1cc2c(cc1OC)CC2. The quantitative estimate of drug-likeness (QED) is 0.400. The fourth-order valence-corrected chi connectivity index (χ4v) is 4.08. The average Bonchev–Trinajstić information content (AvgIpc) is 2.84. The Balaban J connectivity index is 0.000000298. The molecule has 0 saturated carbocycles. The van der Waals surface area contributed by atoms with Crippen LogP contribution >= 0.6 is 0 Å². The zero-order valence-corrected chi connectivity index (χ0v) is 22.5. The highest BCUT2D eigenvalue weighted by Gasteiger charge is 2.17. The summed E-state index contributed by atoms with van der Waals surface area (Å²) in [4.78, 5) is 15.5. The second kappa shape index (κ2) is 14.6. The Morgan fingerprint density at radius 1 is 0.714 bits per heavy atom. The third kappa shape index (κ3) is 8.44. The van der Waals surface area contributed by atoms with Crippen LogP contribution in [-0.2, 0) is 30.5 Å². The third-order valence-electron chi connectivity index (χ3n) is 6.29. The number of rotatable bonds is 13. The van der Waals surface area contributed by atoms with Crippen molar-refractivity contribution in [2.75, 3.05) is 69.2 Å². The van der Waals surface area contributed by atoms with Crippen LogP contribution < -0.4 is 18.9 Å². The molecule has 0 aliphatic heterocycles. The van der Waals surface area contributed by atoms with Crippen molar-refractivity contribution in [1.82, 2.24) is 9.80 Å². The van der Waals surface area contributed by atoms with Crippen molar-refractivity contribution in [1.29, 1.82) is 0 Å². The molecule has 2 aromatic rings. The van der Waals surface area contributed by atoms with Crippen LogP contribution in [0, 0.1) is 0 Å². The number of carbonyl (C=O) groups is 1. The maximum absolute atomic E-state index is 10.9. The summed E-state index contributed by atoms with van der Waals surface area (Å²) >= 11 is 0. The van der Waals surface area contributed by atoms with Gasteiger partial charge in [0, 0.05) is 13.0 Å². The highest BCUT2D eigenvalue weighted by Crippen LogP contribution is 2.35. The molecular formula is C28H42N2O5. The molecule has 35 heavy (non-hydrogen) atoms. The van der Waals surface area contributed by atoms with Gasteiger partial charge in [-0.2, -0.15) is 0 Å². The van der Waals surface area contributed by atoms with E-state index in [0.717, 1.165) is 61.4 Å². The van der Waals surface area contributed by atoms with Gasteiger partial charge >= 0.3 is 0 Å². The number of fused-ring (bicyclic) bond motifs is 1. The predicted molar refractivity (Wildman–Crippen MR) is 141 cm³/mol. The number of aldehydes is 1. The average molecular weight is 487 g/mol. The minimum Gasteiger partial charge on any atom is -0.493 e. The van der Waals surface area contributed by atoms with E-state index in [1.807, 2.05) is 12.1 Å². The number of hydrogen-bond acceptors (Lipinski definition) is 7. The number of nitrogens with zero attached hydrogens (tertiary/aromatic N) is 2. The predicted octanol–water partition coefficient (Wildman–Crippen LogP) is 3.67. The Morgan fingerprint density at radius 2 is 1.20 bits per heavy atom. The molecule has 0 amide bonds. The number of hydrogen-bond donors (Lipinski definition) is 0. The highest BCUT2D eigenvalue weighted by atomic mass is 16.5. The van der Waals surface area contributed by atoms with Crippen LogP contribution in [0.3, 0.4) is 0 Å². The van der Waals surface area contributed by atoms with Gasteiger partial charge in [0.2, 0.25) is 0 Å². The minimum atomic E-state index is 0.403. The minimum absolute atomic E-state index is 0.403. The molecule has 7 heteroatoms. The summed E-state index contributed by atoms with van der Waals surface area (Å²) in [7, 11) is 12.9. The molecule has 0 spiro atoms. The molecule has 1 aliphatic rings. The molecule has 194 valence electrons. The zero-order valence-electron chi connectivity index (χ0n) is 22.5. The normalized spacial score (nSPS) is 11.8. The smallest absolute Gasteiger partial charge is 0.161 e. The molecule has 7 nitrogen and oxygen atoms in total. The van der Waals surface area contributed by atoms with E-state index in [2.05, 4.69) is 43.1 Å². The molecule has 2 aromatic carbocycles. The monoisotopic (exact) mass is 486 g/mol. The Hall–Kier alpha value is -2.77. The van der Waals surface area contributed by atoms with Gasteiger partial charge in [0.15, 0.2) is 23.0 Å². The molecule has 0 fully saturated rings. The van der Waals surface area contributed by atoms with Crippen molar-refractivity contribution in [2.24, 2.45) is 0 Å². The van der Waals surface area contributed by atoms with E-state index in [1.165, 1.54) is 24.0 Å². The van der Waals surface area contributed by atoms with Crippen molar-refractivity contribution in [3.8, 4) is 23.0 Å². The van der Waals surface area contributed by atoms with Crippen molar-refractivity contribution in [2.45, 2.75) is 32.1 Å². The number of likely N-dealkylation sites (N-methyl/N-ethyl adjacent to an activating group) is 1. The van der Waals surface area contributed by atoms with Gasteiger partial charge in [-0.3, -0.25) is 0 Å². The van der Waals surface area contributed by atoms with E-state index in [0.29, 0.717) is 17.9 Å². The number of methoxy groups -OCH3 is 4. The Morgan fingerprint density at radius 3 is 1.63 bits per heavy atom. The van der Waals surface area contributed by atoms with Crippen molar-refractivity contribution < 1.29 is 23.7 Å².